The van der Waals surface area contributed by atoms with E-state index in [2.05, 4.69) is 9.71 Å². The van der Waals surface area contributed by atoms with Crippen LogP contribution in [0.4, 0.5) is 18.9 Å². The number of pyridine rings is 1. The van der Waals surface area contributed by atoms with Gasteiger partial charge in [-0.15, -0.1) is 5.69 Å². The molecule has 1 aliphatic heterocycles. The van der Waals surface area contributed by atoms with Gasteiger partial charge in [0.15, 0.2) is 10.0 Å². The number of sulfonamides is 1. The van der Waals surface area contributed by atoms with Crippen molar-refractivity contribution in [1.82, 2.24) is 4.98 Å². The Hall–Kier alpha value is -3.89. The number of fused-ring (bicyclic) bond motifs is 1. The Bertz CT molecular complexity index is 1540. The van der Waals surface area contributed by atoms with E-state index in [-0.39, 0.29) is 23.8 Å². The number of alkyl halides is 3. The Labute approximate surface area is 217 Å². The van der Waals surface area contributed by atoms with Crippen LogP contribution in [0.25, 0.3) is 27.0 Å². The van der Waals surface area contributed by atoms with Crippen LogP contribution in [0.3, 0.4) is 0 Å². The number of aromatic nitrogens is 1. The molecule has 0 radical (unpaired) electrons. The van der Waals surface area contributed by atoms with Crippen LogP contribution >= 0.6 is 0 Å². The molecule has 2 heterocycles. The molecule has 196 valence electrons. The van der Waals surface area contributed by atoms with Gasteiger partial charge in [0.05, 0.1) is 12.7 Å². The molecule has 0 fully saturated rings. The molecule has 10 heteroatoms. The van der Waals surface area contributed by atoms with E-state index < -0.39 is 21.6 Å². The molecular weight excluding hydrogens is 517 g/mol. The van der Waals surface area contributed by atoms with E-state index in [0.29, 0.717) is 23.3 Å². The topological polar surface area (TPSA) is 90.6 Å². The van der Waals surface area contributed by atoms with E-state index in [4.69, 9.17) is 4.74 Å². The summed E-state index contributed by atoms with van der Waals surface area (Å²) in [5.74, 6) is 0.106. The molecule has 0 amide bonds. The number of halogens is 3. The summed E-state index contributed by atoms with van der Waals surface area (Å²) >= 11 is 0. The molecule has 0 aliphatic carbocycles. The molecule has 0 bridgehead atoms. The van der Waals surface area contributed by atoms with Gasteiger partial charge in [0.1, 0.15) is 5.75 Å². The van der Waals surface area contributed by atoms with Crippen molar-refractivity contribution < 1.29 is 31.4 Å². The van der Waals surface area contributed by atoms with Gasteiger partial charge < -0.3 is 14.6 Å². The number of ether oxygens (including phenoxy) is 1. The smallest absolute Gasteiger partial charge is 0.483 e. The molecule has 1 N–H and O–H groups in total. The zero-order valence-electron chi connectivity index (χ0n) is 19.8. The quantitative estimate of drug-likeness (QED) is 0.300. The lowest BCUT2D eigenvalue weighted by molar-refractivity contribution is -0.0425. The van der Waals surface area contributed by atoms with E-state index >= 15 is 0 Å². The summed E-state index contributed by atoms with van der Waals surface area (Å²) in [6.45, 7) is 0.203. The summed E-state index contributed by atoms with van der Waals surface area (Å²) in [4.78, 5) is 4.54. The van der Waals surface area contributed by atoms with E-state index in [0.717, 1.165) is 16.8 Å². The Morgan fingerprint density at radius 1 is 0.921 bits per heavy atom. The highest BCUT2D eigenvalue weighted by Crippen LogP contribution is 2.43. The third-order valence-electron chi connectivity index (χ3n) is 6.36. The van der Waals surface area contributed by atoms with E-state index in [1.165, 1.54) is 18.2 Å². The highest BCUT2D eigenvalue weighted by molar-refractivity contribution is 7.95. The first-order valence-corrected chi connectivity index (χ1v) is 13.2. The first kappa shape index (κ1) is 25.7. The van der Waals surface area contributed by atoms with Gasteiger partial charge in [-0.1, -0.05) is 72.8 Å². The van der Waals surface area contributed by atoms with Gasteiger partial charge in [0.2, 0.25) is 0 Å². The maximum atomic E-state index is 12.9. The number of aliphatic hydroxyl groups is 1. The first-order valence-electron chi connectivity index (χ1n) is 11.7. The molecule has 5 rings (SSSR count). The number of aliphatic hydroxyl groups excluding tert-OH is 1. The minimum atomic E-state index is -5.72. The second-order valence-electron chi connectivity index (χ2n) is 8.91. The summed E-state index contributed by atoms with van der Waals surface area (Å²) in [6.07, 6.45) is 1.42. The highest BCUT2D eigenvalue weighted by Gasteiger charge is 2.39. The van der Waals surface area contributed by atoms with Gasteiger partial charge in [-0.05, 0) is 35.2 Å². The van der Waals surface area contributed by atoms with E-state index in [1.807, 2.05) is 42.5 Å². The van der Waals surface area contributed by atoms with Crippen LogP contribution in [0, 0.1) is 5.92 Å². The van der Waals surface area contributed by atoms with Crippen LogP contribution in [-0.2, 0) is 16.4 Å². The Balaban J connectivity index is 1.34. The normalized spacial score (nSPS) is 17.4. The fraction of sp³-hybridized carbons (Fsp3) is 0.179. The number of rotatable bonds is 6. The zero-order chi connectivity index (χ0) is 26.9. The molecule has 0 unspecified atom stereocenters. The van der Waals surface area contributed by atoms with Crippen molar-refractivity contribution in [2.75, 3.05) is 6.61 Å². The molecule has 4 aromatic rings. The maximum Gasteiger partial charge on any atom is 0.483 e. The maximum absolute atomic E-state index is 12.9. The number of benzene rings is 3. The summed E-state index contributed by atoms with van der Waals surface area (Å²) < 4.78 is 70.8. The van der Waals surface area contributed by atoms with Gasteiger partial charge in [0, 0.05) is 28.9 Å². The predicted molar refractivity (Wildman–Crippen MR) is 137 cm³/mol. The van der Waals surface area contributed by atoms with Crippen LogP contribution in [0.5, 0.6) is 5.75 Å². The third-order valence-corrected chi connectivity index (χ3v) is 7.38. The lowest BCUT2D eigenvalue weighted by atomic mass is 9.88. The molecule has 6 nitrogen and oxygen atoms in total. The highest BCUT2D eigenvalue weighted by atomic mass is 32.2. The summed E-state index contributed by atoms with van der Waals surface area (Å²) in [5, 5.41) is 11.0. The third kappa shape index (κ3) is 5.23. The van der Waals surface area contributed by atoms with Gasteiger partial charge in [-0.3, -0.25) is 4.98 Å². The van der Waals surface area contributed by atoms with Crippen molar-refractivity contribution in [2.45, 2.75) is 18.0 Å². The van der Waals surface area contributed by atoms with Crippen molar-refractivity contribution in [3.05, 3.63) is 107 Å². The lowest BCUT2D eigenvalue weighted by Crippen LogP contribution is -2.28. The van der Waals surface area contributed by atoms with Crippen LogP contribution < -0.4 is 4.74 Å². The largest absolute Gasteiger partial charge is 0.569 e. The number of nitrogens with zero attached hydrogens (tertiary/aromatic N) is 2. The summed E-state index contributed by atoms with van der Waals surface area (Å²) in [5.41, 5.74) is -1.87. The molecule has 1 aliphatic rings. The molecule has 0 saturated carbocycles. The van der Waals surface area contributed by atoms with Crippen molar-refractivity contribution >= 4 is 15.7 Å². The second-order valence-corrected chi connectivity index (χ2v) is 10.5. The monoisotopic (exact) mass is 539 g/mol. The Morgan fingerprint density at radius 3 is 2.34 bits per heavy atom. The molecule has 0 saturated heterocycles. The molecule has 38 heavy (non-hydrogen) atoms. The zero-order valence-corrected chi connectivity index (χ0v) is 20.7. The van der Waals surface area contributed by atoms with Crippen molar-refractivity contribution in [3.63, 3.8) is 0 Å². The van der Waals surface area contributed by atoms with Crippen LogP contribution in [0.15, 0.2) is 91.1 Å². The molecule has 1 aromatic heterocycles. The van der Waals surface area contributed by atoms with Crippen LogP contribution in [-0.4, -0.2) is 30.6 Å². The van der Waals surface area contributed by atoms with Crippen molar-refractivity contribution in [1.29, 1.82) is 0 Å². The second kappa shape index (κ2) is 10.1. The molecule has 0 spiro atoms. The summed E-state index contributed by atoms with van der Waals surface area (Å²) in [7, 11) is -5.72. The first-order chi connectivity index (χ1) is 18.1. The Kier molecular flexibility index (Phi) is 6.85. The van der Waals surface area contributed by atoms with Gasteiger partial charge in [-0.25, -0.2) is 8.42 Å². The standard InChI is InChI=1S/C28H22F3N2O4S/c29-28(30,31)38(35,36)33-25-9-5-4-8-23(25)19-11-13-24-26(15-19)37-17-21(27(24)34)14-22-12-10-20(16-32-22)18-6-2-1-3-7-18/h1-13,15-16,21,27,34H,14,17H2/q-1/t21-,27+/m1/s1. The van der Waals surface area contributed by atoms with Gasteiger partial charge in [-0.2, -0.15) is 13.2 Å². The lowest BCUT2D eigenvalue weighted by Gasteiger charge is -2.31. The minimum Gasteiger partial charge on any atom is -0.569 e. The SMILES string of the molecule is O=S(=O)([N-]c1ccccc1-c1ccc2c(c1)OC[C@@H](Cc1ccc(-c3ccccc3)cn1)[C@@H]2O)C(F)(F)F. The fourth-order valence-electron chi connectivity index (χ4n) is 4.38. The molecule has 2 atom stereocenters. The van der Waals surface area contributed by atoms with Crippen LogP contribution in [0.2, 0.25) is 0 Å². The Morgan fingerprint density at radius 2 is 1.63 bits per heavy atom. The van der Waals surface area contributed by atoms with E-state index in [1.54, 1.807) is 30.5 Å². The molecule has 3 aromatic carbocycles. The average molecular weight is 540 g/mol. The minimum absolute atomic E-state index is 0.186. The molecular formula is C28H22F3N2O4S-. The predicted octanol–water partition coefficient (Wildman–Crippen LogP) is 6.56. The van der Waals surface area contributed by atoms with E-state index in [9.17, 15) is 26.7 Å². The van der Waals surface area contributed by atoms with Gasteiger partial charge in [0.25, 0.3) is 0 Å². The average Bonchev–Trinajstić information content (AvgIpc) is 2.90. The van der Waals surface area contributed by atoms with Crippen molar-refractivity contribution in [2.24, 2.45) is 5.92 Å². The van der Waals surface area contributed by atoms with Crippen molar-refractivity contribution in [3.8, 4) is 28.0 Å². The van der Waals surface area contributed by atoms with Gasteiger partial charge >= 0.3 is 5.51 Å². The number of hydrogen-bond donors (Lipinski definition) is 1. The van der Waals surface area contributed by atoms with Crippen LogP contribution in [0.1, 0.15) is 17.4 Å². The fourth-order valence-corrected chi connectivity index (χ4v) is 4.90. The number of hydrogen-bond acceptors (Lipinski definition) is 5. The summed E-state index contributed by atoms with van der Waals surface area (Å²) in [6, 6.07) is 24.2.